The zero-order valence-corrected chi connectivity index (χ0v) is 8.70. The minimum Gasteiger partial charge on any atom is -0.349 e. The molecule has 84 valence electrons. The topological polar surface area (TPSA) is 96.7 Å². The number of nitrogens with one attached hydrogen (secondary N) is 2. The van der Waals surface area contributed by atoms with Crippen LogP contribution in [0, 0.1) is 0 Å². The Labute approximate surface area is 88.7 Å². The largest absolute Gasteiger partial charge is 0.349 e. The van der Waals surface area contributed by atoms with Gasteiger partial charge in [0, 0.05) is 6.42 Å². The van der Waals surface area contributed by atoms with E-state index >= 15 is 0 Å². The van der Waals surface area contributed by atoms with E-state index in [9.17, 15) is 4.79 Å². The van der Waals surface area contributed by atoms with E-state index in [1.807, 2.05) is 0 Å². The quantitative estimate of drug-likeness (QED) is 0.550. The van der Waals surface area contributed by atoms with Gasteiger partial charge in [-0.3, -0.25) is 9.89 Å². The molecular weight excluding hydrogens is 194 g/mol. The number of aromatic nitrogens is 3. The van der Waals surface area contributed by atoms with Crippen LogP contribution in [-0.2, 0) is 11.3 Å². The lowest BCUT2D eigenvalue weighted by Gasteiger charge is -2.02. The molecule has 4 N–H and O–H groups in total. The number of carbonyl (C=O) groups is 1. The molecule has 1 rings (SSSR count). The molecule has 0 atom stereocenters. The molecule has 6 heteroatoms. The Balaban J connectivity index is 2.04. The summed E-state index contributed by atoms with van der Waals surface area (Å²) in [5, 5.41) is 9.12. The maximum Gasteiger partial charge on any atom is 0.220 e. The average molecular weight is 211 g/mol. The monoisotopic (exact) mass is 211 g/mol. The normalized spacial score (nSPS) is 10.2. The number of rotatable bonds is 7. The van der Waals surface area contributed by atoms with Gasteiger partial charge in [-0.15, -0.1) is 0 Å². The van der Waals surface area contributed by atoms with E-state index in [1.165, 1.54) is 6.33 Å². The molecule has 15 heavy (non-hydrogen) atoms. The van der Waals surface area contributed by atoms with Gasteiger partial charge in [0.15, 0.2) is 0 Å². The minimum absolute atomic E-state index is 0.0448. The predicted octanol–water partition coefficient (Wildman–Crippen LogP) is -0.0600. The first-order valence-electron chi connectivity index (χ1n) is 5.14. The molecule has 0 bridgehead atoms. The summed E-state index contributed by atoms with van der Waals surface area (Å²) in [5.41, 5.74) is 5.35. The second-order valence-corrected chi connectivity index (χ2v) is 3.31. The number of nitrogens with two attached hydrogens (primary N) is 1. The van der Waals surface area contributed by atoms with Crippen LogP contribution in [0.2, 0.25) is 0 Å². The smallest absolute Gasteiger partial charge is 0.220 e. The molecule has 0 radical (unpaired) electrons. The van der Waals surface area contributed by atoms with E-state index in [2.05, 4.69) is 20.5 Å². The Morgan fingerprint density at radius 2 is 2.33 bits per heavy atom. The van der Waals surface area contributed by atoms with Crippen LogP contribution in [0.1, 0.15) is 31.5 Å². The molecule has 0 unspecified atom stereocenters. The van der Waals surface area contributed by atoms with Crippen molar-refractivity contribution >= 4 is 5.91 Å². The van der Waals surface area contributed by atoms with E-state index in [0.717, 1.165) is 19.3 Å². The SMILES string of the molecule is NCCCCCC(=O)NCc1ncn[nH]1. The summed E-state index contributed by atoms with van der Waals surface area (Å²) in [5.74, 6) is 0.716. The van der Waals surface area contributed by atoms with Crippen molar-refractivity contribution in [2.45, 2.75) is 32.2 Å². The summed E-state index contributed by atoms with van der Waals surface area (Å²) in [6.45, 7) is 1.11. The van der Waals surface area contributed by atoms with Gasteiger partial charge in [-0.1, -0.05) is 6.42 Å². The van der Waals surface area contributed by atoms with E-state index in [1.54, 1.807) is 0 Å². The zero-order valence-electron chi connectivity index (χ0n) is 8.70. The number of amides is 1. The molecule has 0 aliphatic heterocycles. The number of nitrogens with zero attached hydrogens (tertiary/aromatic N) is 2. The van der Waals surface area contributed by atoms with Crippen molar-refractivity contribution in [3.8, 4) is 0 Å². The molecule has 0 aliphatic carbocycles. The Hall–Kier alpha value is -1.43. The lowest BCUT2D eigenvalue weighted by Crippen LogP contribution is -2.23. The van der Waals surface area contributed by atoms with Gasteiger partial charge < -0.3 is 11.1 Å². The lowest BCUT2D eigenvalue weighted by molar-refractivity contribution is -0.121. The van der Waals surface area contributed by atoms with Crippen LogP contribution in [0.3, 0.4) is 0 Å². The summed E-state index contributed by atoms with van der Waals surface area (Å²) in [7, 11) is 0. The first kappa shape index (κ1) is 11.6. The summed E-state index contributed by atoms with van der Waals surface area (Å²) in [6.07, 6.45) is 4.85. The fourth-order valence-corrected chi connectivity index (χ4v) is 1.19. The molecule has 0 spiro atoms. The first-order chi connectivity index (χ1) is 7.33. The maximum atomic E-state index is 11.3. The van der Waals surface area contributed by atoms with Crippen molar-refractivity contribution in [2.75, 3.05) is 6.54 Å². The molecule has 0 fully saturated rings. The molecule has 1 heterocycles. The number of H-pyrrole nitrogens is 1. The van der Waals surface area contributed by atoms with Crippen molar-refractivity contribution in [1.82, 2.24) is 20.5 Å². The van der Waals surface area contributed by atoms with Crippen LogP contribution in [0.15, 0.2) is 6.33 Å². The Morgan fingerprint density at radius 3 is 3.00 bits per heavy atom. The molecule has 0 saturated heterocycles. The molecule has 6 nitrogen and oxygen atoms in total. The van der Waals surface area contributed by atoms with Gasteiger partial charge in [0.05, 0.1) is 6.54 Å². The molecular formula is C9H17N5O. The summed E-state index contributed by atoms with van der Waals surface area (Å²) < 4.78 is 0. The van der Waals surface area contributed by atoms with Crippen LogP contribution in [0.4, 0.5) is 0 Å². The Morgan fingerprint density at radius 1 is 1.47 bits per heavy atom. The van der Waals surface area contributed by atoms with Crippen molar-refractivity contribution < 1.29 is 4.79 Å². The number of hydrogen-bond donors (Lipinski definition) is 3. The fourth-order valence-electron chi connectivity index (χ4n) is 1.19. The molecule has 0 aliphatic rings. The molecule has 0 aromatic carbocycles. The highest BCUT2D eigenvalue weighted by Crippen LogP contribution is 1.98. The van der Waals surface area contributed by atoms with Crippen molar-refractivity contribution in [3.63, 3.8) is 0 Å². The Bertz CT molecular complexity index is 272. The molecule has 1 aromatic heterocycles. The second kappa shape index (κ2) is 6.94. The maximum absolute atomic E-state index is 11.3. The van der Waals surface area contributed by atoms with E-state index in [-0.39, 0.29) is 5.91 Å². The van der Waals surface area contributed by atoms with Gasteiger partial charge in [0.25, 0.3) is 0 Å². The number of unbranched alkanes of at least 4 members (excludes halogenated alkanes) is 2. The lowest BCUT2D eigenvalue weighted by atomic mass is 10.2. The van der Waals surface area contributed by atoms with Crippen LogP contribution in [0.25, 0.3) is 0 Å². The van der Waals surface area contributed by atoms with Gasteiger partial charge in [-0.05, 0) is 19.4 Å². The van der Waals surface area contributed by atoms with Crippen molar-refractivity contribution in [2.24, 2.45) is 5.73 Å². The second-order valence-electron chi connectivity index (χ2n) is 3.31. The van der Waals surface area contributed by atoms with E-state index < -0.39 is 0 Å². The van der Waals surface area contributed by atoms with Crippen molar-refractivity contribution in [1.29, 1.82) is 0 Å². The van der Waals surface area contributed by atoms with E-state index in [4.69, 9.17) is 5.73 Å². The van der Waals surface area contributed by atoms with Crippen LogP contribution >= 0.6 is 0 Å². The highest BCUT2D eigenvalue weighted by Gasteiger charge is 2.01. The number of carbonyl (C=O) groups excluding carboxylic acids is 1. The first-order valence-corrected chi connectivity index (χ1v) is 5.14. The van der Waals surface area contributed by atoms with Crippen LogP contribution in [-0.4, -0.2) is 27.6 Å². The number of hydrogen-bond acceptors (Lipinski definition) is 4. The molecule has 1 aromatic rings. The average Bonchev–Trinajstić information content (AvgIpc) is 2.74. The predicted molar refractivity (Wildman–Crippen MR) is 55.8 cm³/mol. The highest BCUT2D eigenvalue weighted by molar-refractivity contribution is 5.75. The third-order valence-corrected chi connectivity index (χ3v) is 2.03. The van der Waals surface area contributed by atoms with Gasteiger partial charge >= 0.3 is 0 Å². The fraction of sp³-hybridized carbons (Fsp3) is 0.667. The molecule has 1 amide bonds. The number of aromatic amines is 1. The summed E-state index contributed by atoms with van der Waals surface area (Å²) >= 11 is 0. The highest BCUT2D eigenvalue weighted by atomic mass is 16.1. The third kappa shape index (κ3) is 5.11. The zero-order chi connectivity index (χ0) is 10.9. The van der Waals surface area contributed by atoms with Gasteiger partial charge in [-0.25, -0.2) is 4.98 Å². The Kier molecular flexibility index (Phi) is 5.39. The van der Waals surface area contributed by atoms with Gasteiger partial charge in [-0.2, -0.15) is 5.10 Å². The van der Waals surface area contributed by atoms with Gasteiger partial charge in [0.1, 0.15) is 12.2 Å². The summed E-state index contributed by atoms with van der Waals surface area (Å²) in [6, 6.07) is 0. The minimum atomic E-state index is 0.0448. The van der Waals surface area contributed by atoms with Crippen LogP contribution in [0.5, 0.6) is 0 Å². The van der Waals surface area contributed by atoms with Crippen LogP contribution < -0.4 is 11.1 Å². The standard InChI is InChI=1S/C9H17N5O/c10-5-3-1-2-4-9(15)11-6-8-12-7-13-14-8/h7H,1-6,10H2,(H,11,15)(H,12,13,14). The van der Waals surface area contributed by atoms with Crippen molar-refractivity contribution in [3.05, 3.63) is 12.2 Å². The van der Waals surface area contributed by atoms with Gasteiger partial charge in [0.2, 0.25) is 5.91 Å². The molecule has 0 saturated carbocycles. The summed E-state index contributed by atoms with van der Waals surface area (Å²) in [4.78, 5) is 15.2. The third-order valence-electron chi connectivity index (χ3n) is 2.03. The van der Waals surface area contributed by atoms with E-state index in [0.29, 0.717) is 25.3 Å².